The molecule has 1 fully saturated rings. The lowest BCUT2D eigenvalue weighted by atomic mass is 10.2. The highest BCUT2D eigenvalue weighted by atomic mass is 35.5. The first-order valence-corrected chi connectivity index (χ1v) is 9.09. The van der Waals surface area contributed by atoms with Crippen molar-refractivity contribution in [1.29, 1.82) is 0 Å². The monoisotopic (exact) mass is 432 g/mol. The van der Waals surface area contributed by atoms with Crippen molar-refractivity contribution in [1.82, 2.24) is 4.98 Å². The van der Waals surface area contributed by atoms with Crippen LogP contribution in [0.2, 0.25) is 10.0 Å². The van der Waals surface area contributed by atoms with E-state index in [1.807, 2.05) is 0 Å². The number of hydrogen-bond donors (Lipinski definition) is 1. The Morgan fingerprint density at radius 3 is 2.54 bits per heavy atom. The molecule has 1 aliphatic rings. The smallest absolute Gasteiger partial charge is 0.348 e. The number of ether oxygens (including phenoxy) is 3. The van der Waals surface area contributed by atoms with Crippen LogP contribution in [-0.4, -0.2) is 30.9 Å². The van der Waals surface area contributed by atoms with Crippen LogP contribution >= 0.6 is 23.2 Å². The molecule has 0 atom stereocenters. The van der Waals surface area contributed by atoms with Gasteiger partial charge in [-0.25, -0.2) is 0 Å². The quantitative estimate of drug-likeness (QED) is 0.564. The summed E-state index contributed by atoms with van der Waals surface area (Å²) in [6, 6.07) is 4.36. The van der Waals surface area contributed by atoms with E-state index in [1.54, 1.807) is 0 Å². The summed E-state index contributed by atoms with van der Waals surface area (Å²) in [6.45, 7) is -3.15. The van der Waals surface area contributed by atoms with Crippen molar-refractivity contribution in [3.05, 3.63) is 46.2 Å². The Bertz CT molecular complexity index is 830. The number of hydrogen-bond acceptors (Lipinski definition) is 5. The summed E-state index contributed by atoms with van der Waals surface area (Å²) in [5.74, 6) is 0.404. The van der Waals surface area contributed by atoms with Crippen LogP contribution in [0, 0.1) is 5.92 Å². The maximum absolute atomic E-state index is 12.6. The van der Waals surface area contributed by atoms with E-state index in [-0.39, 0.29) is 32.8 Å². The van der Waals surface area contributed by atoms with Crippen LogP contribution in [0.25, 0.3) is 0 Å². The summed E-state index contributed by atoms with van der Waals surface area (Å²) >= 11 is 12.0. The van der Waals surface area contributed by atoms with Crippen molar-refractivity contribution in [2.45, 2.75) is 19.5 Å². The zero-order valence-corrected chi connectivity index (χ0v) is 16.0. The number of benzene rings is 1. The van der Waals surface area contributed by atoms with Crippen LogP contribution in [0.1, 0.15) is 23.2 Å². The Labute approximate surface area is 169 Å². The van der Waals surface area contributed by atoms with Crippen molar-refractivity contribution >= 4 is 34.8 Å². The zero-order chi connectivity index (χ0) is 20.1. The Kier molecular flexibility index (Phi) is 6.88. The minimum absolute atomic E-state index is 0.190. The number of carbonyl (C=O) groups excluding carboxylic acids is 1. The third kappa shape index (κ3) is 5.67. The number of halogens is 4. The molecule has 0 bridgehead atoms. The number of nitrogens with one attached hydrogen (secondary N) is 1. The van der Waals surface area contributed by atoms with Gasteiger partial charge in [0, 0.05) is 18.0 Å². The van der Waals surface area contributed by atoms with Crippen LogP contribution < -0.4 is 14.8 Å². The van der Waals surface area contributed by atoms with Crippen molar-refractivity contribution in [2.24, 2.45) is 5.92 Å². The van der Waals surface area contributed by atoms with Gasteiger partial charge < -0.3 is 14.8 Å². The molecule has 1 amide bonds. The van der Waals surface area contributed by atoms with Gasteiger partial charge >= 0.3 is 6.61 Å². The Balaban J connectivity index is 1.75. The van der Waals surface area contributed by atoms with E-state index in [0.29, 0.717) is 12.5 Å². The van der Waals surface area contributed by atoms with Crippen molar-refractivity contribution in [3.8, 4) is 11.5 Å². The zero-order valence-electron chi connectivity index (χ0n) is 14.5. The SMILES string of the molecule is O=C(Nc1c(Cl)cncc1Cl)c1ccc(OCOC(F)F)c(OCC2CC2)c1. The lowest BCUT2D eigenvalue weighted by Crippen LogP contribution is -2.14. The highest BCUT2D eigenvalue weighted by Gasteiger charge is 2.23. The molecule has 6 nitrogen and oxygen atoms in total. The normalized spacial score (nSPS) is 13.5. The average Bonchev–Trinajstić information content (AvgIpc) is 3.48. The number of pyridine rings is 1. The predicted molar refractivity (Wildman–Crippen MR) is 99.5 cm³/mol. The molecule has 28 heavy (non-hydrogen) atoms. The summed E-state index contributed by atoms with van der Waals surface area (Å²) in [7, 11) is 0. The van der Waals surface area contributed by atoms with Crippen molar-refractivity contribution < 1.29 is 27.8 Å². The standard InChI is InChI=1S/C18H16Cl2F2N2O4/c19-12-6-23-7-13(20)16(12)24-17(25)11-3-4-14(27-9-28-18(21)22)15(5-11)26-8-10-1-2-10/h3-7,10,18H,1-2,8-9H2,(H,23,24,25). The van der Waals surface area contributed by atoms with E-state index < -0.39 is 19.3 Å². The van der Waals surface area contributed by atoms with Crippen molar-refractivity contribution in [3.63, 3.8) is 0 Å². The number of anilines is 1. The molecule has 1 N–H and O–H groups in total. The lowest BCUT2D eigenvalue weighted by Gasteiger charge is -2.14. The van der Waals surface area contributed by atoms with Gasteiger partial charge in [-0.15, -0.1) is 0 Å². The van der Waals surface area contributed by atoms with Crippen LogP contribution in [0.4, 0.5) is 14.5 Å². The van der Waals surface area contributed by atoms with Crippen LogP contribution in [0.5, 0.6) is 11.5 Å². The molecule has 1 aliphatic carbocycles. The second kappa shape index (κ2) is 9.36. The Hall–Kier alpha value is -2.16. The minimum atomic E-state index is -2.95. The number of nitrogens with zero attached hydrogens (tertiary/aromatic N) is 1. The molecule has 1 heterocycles. The molecule has 0 spiro atoms. The number of amides is 1. The summed E-state index contributed by atoms with van der Waals surface area (Å²) < 4.78 is 39.2. The second-order valence-electron chi connectivity index (χ2n) is 6.04. The molecule has 2 aromatic rings. The van der Waals surface area contributed by atoms with Gasteiger partial charge in [-0.2, -0.15) is 8.78 Å². The Morgan fingerprint density at radius 1 is 1.18 bits per heavy atom. The van der Waals surface area contributed by atoms with Crippen molar-refractivity contribution in [2.75, 3.05) is 18.7 Å². The largest absolute Gasteiger partial charge is 0.489 e. The number of rotatable bonds is 9. The van der Waals surface area contributed by atoms with E-state index in [2.05, 4.69) is 15.0 Å². The maximum atomic E-state index is 12.6. The highest BCUT2D eigenvalue weighted by Crippen LogP contribution is 2.34. The third-order valence-corrected chi connectivity index (χ3v) is 4.45. The van der Waals surface area contributed by atoms with Gasteiger partial charge in [-0.3, -0.25) is 14.5 Å². The minimum Gasteiger partial charge on any atom is -0.489 e. The van der Waals surface area contributed by atoms with Gasteiger partial charge in [-0.05, 0) is 37.0 Å². The molecule has 1 saturated carbocycles. The number of aromatic nitrogens is 1. The van der Waals surface area contributed by atoms with Crippen LogP contribution in [-0.2, 0) is 4.74 Å². The fourth-order valence-electron chi connectivity index (χ4n) is 2.24. The molecule has 0 saturated heterocycles. The number of alkyl halides is 2. The molecule has 0 radical (unpaired) electrons. The summed E-state index contributed by atoms with van der Waals surface area (Å²) in [5.41, 5.74) is 0.478. The van der Waals surface area contributed by atoms with E-state index >= 15 is 0 Å². The molecular weight excluding hydrogens is 417 g/mol. The van der Waals surface area contributed by atoms with Gasteiger partial charge in [0.1, 0.15) is 0 Å². The van der Waals surface area contributed by atoms with E-state index in [4.69, 9.17) is 32.7 Å². The van der Waals surface area contributed by atoms with E-state index in [9.17, 15) is 13.6 Å². The van der Waals surface area contributed by atoms with E-state index in [1.165, 1.54) is 30.6 Å². The fraction of sp³-hybridized carbons (Fsp3) is 0.333. The first-order chi connectivity index (χ1) is 13.4. The van der Waals surface area contributed by atoms with Gasteiger partial charge in [0.25, 0.3) is 5.91 Å². The molecule has 0 unspecified atom stereocenters. The summed E-state index contributed by atoms with van der Waals surface area (Å²) in [6.07, 6.45) is 4.83. The molecule has 3 rings (SSSR count). The molecule has 10 heteroatoms. The lowest BCUT2D eigenvalue weighted by molar-refractivity contribution is -0.167. The maximum Gasteiger partial charge on any atom is 0.348 e. The van der Waals surface area contributed by atoms with Gasteiger partial charge in [0.05, 0.1) is 22.3 Å². The predicted octanol–water partition coefficient (Wildman–Crippen LogP) is 5.01. The highest BCUT2D eigenvalue weighted by molar-refractivity contribution is 6.39. The number of carbonyl (C=O) groups is 1. The first kappa shape index (κ1) is 20.6. The molecule has 1 aromatic carbocycles. The van der Waals surface area contributed by atoms with E-state index in [0.717, 1.165) is 12.8 Å². The Morgan fingerprint density at radius 2 is 1.89 bits per heavy atom. The second-order valence-corrected chi connectivity index (χ2v) is 6.85. The van der Waals surface area contributed by atoms with Gasteiger partial charge in [0.2, 0.25) is 0 Å². The molecule has 150 valence electrons. The van der Waals surface area contributed by atoms with Gasteiger partial charge in [-0.1, -0.05) is 23.2 Å². The molecular formula is C18H16Cl2F2N2O4. The summed E-state index contributed by atoms with van der Waals surface area (Å²) in [4.78, 5) is 16.4. The first-order valence-electron chi connectivity index (χ1n) is 8.34. The summed E-state index contributed by atoms with van der Waals surface area (Å²) in [5, 5.41) is 2.99. The molecule has 0 aliphatic heterocycles. The van der Waals surface area contributed by atoms with Gasteiger partial charge in [0.15, 0.2) is 18.3 Å². The fourth-order valence-corrected chi connectivity index (χ4v) is 2.70. The molecule has 1 aromatic heterocycles. The van der Waals surface area contributed by atoms with Crippen LogP contribution in [0.3, 0.4) is 0 Å². The third-order valence-electron chi connectivity index (χ3n) is 3.88. The average molecular weight is 433 g/mol. The van der Waals surface area contributed by atoms with Crippen LogP contribution in [0.15, 0.2) is 30.6 Å². The topological polar surface area (TPSA) is 69.7 Å².